The Hall–Kier alpha value is -1.26. The van der Waals surface area contributed by atoms with Gasteiger partial charge in [0.15, 0.2) is 0 Å². The van der Waals surface area contributed by atoms with E-state index < -0.39 is 0 Å². The molecule has 3 nitrogen and oxygen atoms in total. The molecule has 15 heavy (non-hydrogen) atoms. The van der Waals surface area contributed by atoms with Gasteiger partial charge >= 0.3 is 0 Å². The van der Waals surface area contributed by atoms with E-state index in [1.807, 2.05) is 31.2 Å². The Labute approximate surface area is 92.7 Å². The highest BCUT2D eigenvalue weighted by atomic mass is 32.2. The molecule has 0 radical (unpaired) electrons. The lowest BCUT2D eigenvalue weighted by molar-refractivity contribution is 0.454. The zero-order valence-corrected chi connectivity index (χ0v) is 9.20. The zero-order chi connectivity index (χ0) is 10.7. The minimum Gasteiger partial charge on any atom is -0.440 e. The summed E-state index contributed by atoms with van der Waals surface area (Å²) in [6, 6.07) is 8.03. The summed E-state index contributed by atoms with van der Waals surface area (Å²) in [4.78, 5) is 5.16. The molecule has 4 heteroatoms. The van der Waals surface area contributed by atoms with Crippen molar-refractivity contribution in [2.75, 3.05) is 0 Å². The molecule has 0 spiro atoms. The van der Waals surface area contributed by atoms with Crippen LogP contribution in [0.3, 0.4) is 0 Å². The molecule has 0 aliphatic heterocycles. The summed E-state index contributed by atoms with van der Waals surface area (Å²) in [6.07, 6.45) is 3.20. The maximum Gasteiger partial charge on any atom is 0.260 e. The van der Waals surface area contributed by atoms with Gasteiger partial charge in [-0.15, -0.1) is 0 Å². The van der Waals surface area contributed by atoms with E-state index in [9.17, 15) is 0 Å². The Balaban J connectivity index is 2.28. The molecular weight excluding hydrogens is 208 g/mol. The Morgan fingerprint density at radius 1 is 1.40 bits per heavy atom. The fraction of sp³-hybridized carbons (Fsp3) is 0.182. The van der Waals surface area contributed by atoms with E-state index in [4.69, 9.17) is 10.2 Å². The van der Waals surface area contributed by atoms with Crippen molar-refractivity contribution in [2.45, 2.75) is 23.1 Å². The smallest absolute Gasteiger partial charge is 0.260 e. The molecule has 78 valence electrons. The van der Waals surface area contributed by atoms with Crippen molar-refractivity contribution in [2.24, 2.45) is 5.73 Å². The largest absolute Gasteiger partial charge is 0.440 e. The molecule has 1 atom stereocenters. The van der Waals surface area contributed by atoms with Crippen molar-refractivity contribution in [3.05, 3.63) is 42.3 Å². The number of rotatable bonds is 3. The zero-order valence-electron chi connectivity index (χ0n) is 8.38. The molecule has 0 saturated heterocycles. The van der Waals surface area contributed by atoms with Crippen LogP contribution in [0.15, 0.2) is 51.3 Å². The molecule has 0 saturated carbocycles. The molecule has 0 aliphatic carbocycles. The Bertz CT molecular complexity index is 426. The van der Waals surface area contributed by atoms with Crippen LogP contribution in [-0.4, -0.2) is 4.98 Å². The molecular formula is C11H12N2OS. The van der Waals surface area contributed by atoms with Crippen molar-refractivity contribution in [3.8, 4) is 0 Å². The monoisotopic (exact) mass is 220 g/mol. The lowest BCUT2D eigenvalue weighted by atomic mass is 10.1. The molecule has 0 bridgehead atoms. The number of aromatic nitrogens is 1. The van der Waals surface area contributed by atoms with Crippen LogP contribution in [0.2, 0.25) is 0 Å². The van der Waals surface area contributed by atoms with Crippen LogP contribution in [0, 0.1) is 0 Å². The minimum atomic E-state index is 0.0173. The van der Waals surface area contributed by atoms with Gasteiger partial charge in [0.05, 0.1) is 6.20 Å². The third kappa shape index (κ3) is 2.40. The standard InChI is InChI=1S/C11H12N2OS/c1-8(12)9-4-2-3-5-10(9)15-11-13-6-7-14-11/h2-8H,12H2,1H3/t8-/m1/s1. The average Bonchev–Trinajstić information content (AvgIpc) is 2.71. The summed E-state index contributed by atoms with van der Waals surface area (Å²) in [5.74, 6) is 0. The quantitative estimate of drug-likeness (QED) is 0.864. The van der Waals surface area contributed by atoms with E-state index in [-0.39, 0.29) is 6.04 Å². The normalized spacial score (nSPS) is 12.7. The second kappa shape index (κ2) is 4.51. The maximum absolute atomic E-state index is 5.88. The van der Waals surface area contributed by atoms with Gasteiger partial charge in [0.2, 0.25) is 0 Å². The Morgan fingerprint density at radius 2 is 2.20 bits per heavy atom. The SMILES string of the molecule is C[C@@H](N)c1ccccc1Sc1ncco1. The van der Waals surface area contributed by atoms with Crippen LogP contribution in [0.1, 0.15) is 18.5 Å². The molecule has 1 aromatic heterocycles. The van der Waals surface area contributed by atoms with E-state index in [0.717, 1.165) is 10.5 Å². The van der Waals surface area contributed by atoms with Crippen LogP contribution in [0.4, 0.5) is 0 Å². The summed E-state index contributed by atoms with van der Waals surface area (Å²) in [7, 11) is 0. The van der Waals surface area contributed by atoms with E-state index in [1.54, 1.807) is 12.5 Å². The number of nitrogens with zero attached hydrogens (tertiary/aromatic N) is 1. The Kier molecular flexibility index (Phi) is 3.08. The van der Waals surface area contributed by atoms with Gasteiger partial charge in [-0.3, -0.25) is 0 Å². The van der Waals surface area contributed by atoms with E-state index in [0.29, 0.717) is 5.22 Å². The molecule has 2 rings (SSSR count). The van der Waals surface area contributed by atoms with Crippen LogP contribution >= 0.6 is 11.8 Å². The molecule has 0 unspecified atom stereocenters. The highest BCUT2D eigenvalue weighted by molar-refractivity contribution is 7.99. The first-order valence-electron chi connectivity index (χ1n) is 4.69. The van der Waals surface area contributed by atoms with Gasteiger partial charge < -0.3 is 10.2 Å². The first-order valence-corrected chi connectivity index (χ1v) is 5.51. The predicted molar refractivity (Wildman–Crippen MR) is 59.7 cm³/mol. The molecule has 2 aromatic rings. The fourth-order valence-electron chi connectivity index (χ4n) is 1.30. The molecule has 1 heterocycles. The summed E-state index contributed by atoms with van der Waals surface area (Å²) in [5, 5.41) is 0.642. The molecule has 1 aromatic carbocycles. The third-order valence-electron chi connectivity index (χ3n) is 2.02. The molecule has 0 fully saturated rings. The fourth-order valence-corrected chi connectivity index (χ4v) is 2.23. The highest BCUT2D eigenvalue weighted by Gasteiger charge is 2.09. The van der Waals surface area contributed by atoms with Gasteiger partial charge in [0.1, 0.15) is 6.26 Å². The molecule has 2 N–H and O–H groups in total. The number of hydrogen-bond acceptors (Lipinski definition) is 4. The van der Waals surface area contributed by atoms with E-state index in [1.165, 1.54) is 11.8 Å². The summed E-state index contributed by atoms with van der Waals surface area (Å²) >= 11 is 1.49. The van der Waals surface area contributed by atoms with Gasteiger partial charge in [0, 0.05) is 10.9 Å². The van der Waals surface area contributed by atoms with Crippen LogP contribution in [-0.2, 0) is 0 Å². The van der Waals surface area contributed by atoms with Gasteiger partial charge in [-0.05, 0) is 30.3 Å². The lowest BCUT2D eigenvalue weighted by Crippen LogP contribution is -2.05. The lowest BCUT2D eigenvalue weighted by Gasteiger charge is -2.09. The average molecular weight is 220 g/mol. The molecule has 0 aliphatic rings. The third-order valence-corrected chi connectivity index (χ3v) is 2.98. The van der Waals surface area contributed by atoms with Gasteiger partial charge in [-0.2, -0.15) is 0 Å². The van der Waals surface area contributed by atoms with Crippen molar-refractivity contribution in [3.63, 3.8) is 0 Å². The molecule has 0 amide bonds. The van der Waals surface area contributed by atoms with E-state index in [2.05, 4.69) is 4.98 Å². The van der Waals surface area contributed by atoms with Gasteiger partial charge in [0.25, 0.3) is 5.22 Å². The van der Waals surface area contributed by atoms with Gasteiger partial charge in [-0.1, -0.05) is 18.2 Å². The van der Waals surface area contributed by atoms with E-state index >= 15 is 0 Å². The maximum atomic E-state index is 5.88. The number of benzene rings is 1. The van der Waals surface area contributed by atoms with Crippen molar-refractivity contribution in [1.29, 1.82) is 0 Å². The number of oxazole rings is 1. The second-order valence-corrected chi connectivity index (χ2v) is 4.22. The first-order chi connectivity index (χ1) is 7.27. The van der Waals surface area contributed by atoms with Crippen molar-refractivity contribution in [1.82, 2.24) is 4.98 Å². The van der Waals surface area contributed by atoms with Crippen LogP contribution in [0.5, 0.6) is 0 Å². The number of nitrogens with two attached hydrogens (primary N) is 1. The van der Waals surface area contributed by atoms with Crippen molar-refractivity contribution >= 4 is 11.8 Å². The summed E-state index contributed by atoms with van der Waals surface area (Å²) in [5.41, 5.74) is 6.99. The van der Waals surface area contributed by atoms with Crippen molar-refractivity contribution < 1.29 is 4.42 Å². The van der Waals surface area contributed by atoms with Crippen LogP contribution < -0.4 is 5.73 Å². The Morgan fingerprint density at radius 3 is 2.87 bits per heavy atom. The summed E-state index contributed by atoms with van der Waals surface area (Å²) in [6.45, 7) is 1.97. The first kappa shape index (κ1) is 10.3. The number of hydrogen-bond donors (Lipinski definition) is 1. The summed E-state index contributed by atoms with van der Waals surface area (Å²) < 4.78 is 5.18. The predicted octanol–water partition coefficient (Wildman–Crippen LogP) is 2.85. The van der Waals surface area contributed by atoms with Crippen LogP contribution in [0.25, 0.3) is 0 Å². The second-order valence-electron chi connectivity index (χ2n) is 3.23. The minimum absolute atomic E-state index is 0.0173. The van der Waals surface area contributed by atoms with Gasteiger partial charge in [-0.25, -0.2) is 4.98 Å². The topological polar surface area (TPSA) is 52.0 Å². The highest BCUT2D eigenvalue weighted by Crippen LogP contribution is 2.31.